The lowest BCUT2D eigenvalue weighted by molar-refractivity contribution is -0.138. The van der Waals surface area contributed by atoms with Crippen LogP contribution in [0.15, 0.2) is 42.6 Å². The van der Waals surface area contributed by atoms with Crippen molar-refractivity contribution in [3.8, 4) is 5.75 Å². The molecule has 1 aliphatic rings. The van der Waals surface area contributed by atoms with Crippen LogP contribution in [0.1, 0.15) is 59.4 Å². The van der Waals surface area contributed by atoms with Crippen LogP contribution < -0.4 is 19.7 Å². The van der Waals surface area contributed by atoms with Gasteiger partial charge in [0, 0.05) is 44.0 Å². The number of likely N-dealkylation sites (tertiary alicyclic amines) is 1. The van der Waals surface area contributed by atoms with Crippen LogP contribution in [0.2, 0.25) is 0 Å². The number of aromatic nitrogens is 2. The highest BCUT2D eigenvalue weighted by Crippen LogP contribution is 2.34. The number of hydrogen-bond donors (Lipinski definition) is 2. The fourth-order valence-corrected chi connectivity index (χ4v) is 5.93. The number of aryl methyl sites for hydroxylation is 3. The molecule has 0 spiro atoms. The molecule has 0 saturated carbocycles. The molecular formula is C32H41F3N6O4S. The largest absolute Gasteiger partial charge is 0.495 e. The maximum absolute atomic E-state index is 14.0. The zero-order chi connectivity index (χ0) is 33.8. The number of amides is 1. The standard InChI is InChI=1S/C32H41F3N6O4S/c1-20(2)41-15-13-24(14-16-41)37-30(42)23-10-12-27(29(18-23)45-5)39-31-36-19-25(32(33,34)35)26(38-31)11-9-22-8-7-21(3)17-28(22)40(4)46(6,43)44/h7-8,10,12,17-20,24H,9,11,13-16H2,1-6H3,(H,37,42)(H,36,38,39). The van der Waals surface area contributed by atoms with Gasteiger partial charge in [0.05, 0.1) is 36.0 Å². The Morgan fingerprint density at radius 3 is 2.43 bits per heavy atom. The van der Waals surface area contributed by atoms with E-state index in [2.05, 4.69) is 39.3 Å². The number of ether oxygens (including phenoxy) is 1. The number of piperidine rings is 1. The van der Waals surface area contributed by atoms with E-state index >= 15 is 0 Å². The molecule has 0 atom stereocenters. The summed E-state index contributed by atoms with van der Waals surface area (Å²) in [7, 11) is -0.771. The number of methoxy groups -OCH3 is 1. The smallest absolute Gasteiger partial charge is 0.419 e. The van der Waals surface area contributed by atoms with E-state index in [1.54, 1.807) is 43.3 Å². The minimum atomic E-state index is -4.70. The summed E-state index contributed by atoms with van der Waals surface area (Å²) < 4.78 is 72.9. The van der Waals surface area contributed by atoms with Crippen LogP contribution >= 0.6 is 0 Å². The molecule has 250 valence electrons. The first kappa shape index (κ1) is 35.0. The van der Waals surface area contributed by atoms with Gasteiger partial charge in [-0.05, 0) is 81.8 Å². The van der Waals surface area contributed by atoms with Gasteiger partial charge in [0.1, 0.15) is 5.75 Å². The van der Waals surface area contributed by atoms with Crippen molar-refractivity contribution in [1.82, 2.24) is 20.2 Å². The molecule has 1 aliphatic heterocycles. The summed E-state index contributed by atoms with van der Waals surface area (Å²) in [5, 5.41) is 6.00. The molecule has 2 aromatic carbocycles. The predicted octanol–water partition coefficient (Wildman–Crippen LogP) is 5.34. The van der Waals surface area contributed by atoms with Gasteiger partial charge in [0.25, 0.3) is 5.91 Å². The number of halogens is 3. The van der Waals surface area contributed by atoms with Crippen LogP contribution in [0.4, 0.5) is 30.5 Å². The third kappa shape index (κ3) is 8.66. The van der Waals surface area contributed by atoms with Gasteiger partial charge in [0.2, 0.25) is 16.0 Å². The van der Waals surface area contributed by atoms with E-state index in [1.807, 2.05) is 0 Å². The lowest BCUT2D eigenvalue weighted by Crippen LogP contribution is -2.46. The highest BCUT2D eigenvalue weighted by Gasteiger charge is 2.35. The van der Waals surface area contributed by atoms with Crippen molar-refractivity contribution in [2.75, 3.05) is 43.1 Å². The Morgan fingerprint density at radius 2 is 1.83 bits per heavy atom. The van der Waals surface area contributed by atoms with Crippen LogP contribution in [-0.2, 0) is 29.0 Å². The Morgan fingerprint density at radius 1 is 1.13 bits per heavy atom. The minimum absolute atomic E-state index is 0.0630. The molecule has 14 heteroatoms. The van der Waals surface area contributed by atoms with Crippen LogP contribution in [0.5, 0.6) is 5.75 Å². The molecule has 1 aromatic heterocycles. The predicted molar refractivity (Wildman–Crippen MR) is 172 cm³/mol. The molecule has 0 radical (unpaired) electrons. The van der Waals surface area contributed by atoms with E-state index in [-0.39, 0.29) is 36.4 Å². The van der Waals surface area contributed by atoms with Crippen LogP contribution in [0.3, 0.4) is 0 Å². The zero-order valence-corrected chi connectivity index (χ0v) is 27.7. The number of anilines is 3. The first-order chi connectivity index (χ1) is 21.6. The number of nitrogens with one attached hydrogen (secondary N) is 2. The maximum Gasteiger partial charge on any atom is 0.419 e. The SMILES string of the molecule is COc1cc(C(=O)NC2CCN(C(C)C)CC2)ccc1Nc1ncc(C(F)(F)F)c(CCc2ccc(C)cc2N(C)S(C)(=O)=O)n1. The second-order valence-corrected chi connectivity index (χ2v) is 13.8. The van der Waals surface area contributed by atoms with Gasteiger partial charge in [0.15, 0.2) is 0 Å². The number of benzene rings is 2. The number of alkyl halides is 3. The van der Waals surface area contributed by atoms with Crippen molar-refractivity contribution >= 4 is 33.3 Å². The number of rotatable bonds is 11. The molecule has 46 heavy (non-hydrogen) atoms. The lowest BCUT2D eigenvalue weighted by Gasteiger charge is -2.34. The number of nitrogens with zero attached hydrogens (tertiary/aromatic N) is 4. The summed E-state index contributed by atoms with van der Waals surface area (Å²) in [6, 6.07) is 10.4. The highest BCUT2D eigenvalue weighted by molar-refractivity contribution is 7.92. The third-order valence-corrected chi connectivity index (χ3v) is 9.38. The fourth-order valence-electron chi connectivity index (χ4n) is 5.40. The second kappa shape index (κ2) is 14.2. The van der Waals surface area contributed by atoms with Gasteiger partial charge in [-0.15, -0.1) is 0 Å². The number of carbonyl (C=O) groups is 1. The minimum Gasteiger partial charge on any atom is -0.495 e. The molecule has 1 fully saturated rings. The van der Waals surface area contributed by atoms with Gasteiger partial charge in [-0.25, -0.2) is 18.4 Å². The molecule has 0 bridgehead atoms. The molecule has 4 rings (SSSR count). The van der Waals surface area contributed by atoms with E-state index in [1.165, 1.54) is 14.2 Å². The Hall–Kier alpha value is -3.91. The first-order valence-electron chi connectivity index (χ1n) is 15.0. The van der Waals surface area contributed by atoms with Crippen LogP contribution in [0.25, 0.3) is 0 Å². The van der Waals surface area contributed by atoms with E-state index in [4.69, 9.17) is 4.74 Å². The van der Waals surface area contributed by atoms with Crippen molar-refractivity contribution in [1.29, 1.82) is 0 Å². The summed E-state index contributed by atoms with van der Waals surface area (Å²) in [6.45, 7) is 7.93. The molecule has 0 aliphatic carbocycles. The Balaban J connectivity index is 1.53. The maximum atomic E-state index is 14.0. The Bertz CT molecular complexity index is 1660. The highest BCUT2D eigenvalue weighted by atomic mass is 32.2. The quantitative estimate of drug-likeness (QED) is 0.283. The second-order valence-electron chi connectivity index (χ2n) is 11.8. The van der Waals surface area contributed by atoms with Crippen molar-refractivity contribution < 1.29 is 31.1 Å². The average molecular weight is 663 g/mol. The molecule has 1 saturated heterocycles. The van der Waals surface area contributed by atoms with Crippen LogP contribution in [-0.4, -0.2) is 74.8 Å². The molecule has 1 amide bonds. The number of carbonyl (C=O) groups excluding carboxylic acids is 1. The summed E-state index contributed by atoms with van der Waals surface area (Å²) >= 11 is 0. The summed E-state index contributed by atoms with van der Waals surface area (Å²) in [4.78, 5) is 23.5. The van der Waals surface area contributed by atoms with Crippen molar-refractivity contribution in [2.45, 2.75) is 64.7 Å². The topological polar surface area (TPSA) is 117 Å². The fraction of sp³-hybridized carbons (Fsp3) is 0.469. The number of hydrogen-bond acceptors (Lipinski definition) is 8. The van der Waals surface area contributed by atoms with Crippen molar-refractivity contribution in [3.05, 3.63) is 70.5 Å². The summed E-state index contributed by atoms with van der Waals surface area (Å²) in [5.74, 6) is -0.0360. The molecule has 0 unspecified atom stereocenters. The van der Waals surface area contributed by atoms with E-state index in [9.17, 15) is 26.4 Å². The lowest BCUT2D eigenvalue weighted by atomic mass is 10.0. The van der Waals surface area contributed by atoms with Gasteiger partial charge in [-0.1, -0.05) is 12.1 Å². The van der Waals surface area contributed by atoms with Gasteiger partial charge < -0.3 is 20.3 Å². The normalized spacial score (nSPS) is 14.7. The number of sulfonamides is 1. The third-order valence-electron chi connectivity index (χ3n) is 8.19. The van der Waals surface area contributed by atoms with E-state index < -0.39 is 21.8 Å². The molecule has 10 nitrogen and oxygen atoms in total. The summed E-state index contributed by atoms with van der Waals surface area (Å²) in [6.07, 6.45) is -1.24. The summed E-state index contributed by atoms with van der Waals surface area (Å²) in [5.41, 5.74) is 1.27. The Kier molecular flexibility index (Phi) is 10.8. The zero-order valence-electron chi connectivity index (χ0n) is 26.9. The molecule has 2 heterocycles. The van der Waals surface area contributed by atoms with Gasteiger partial charge in [-0.2, -0.15) is 13.2 Å². The van der Waals surface area contributed by atoms with Gasteiger partial charge >= 0.3 is 6.18 Å². The molecule has 2 N–H and O–H groups in total. The monoisotopic (exact) mass is 662 g/mol. The Labute approximate surface area is 268 Å². The van der Waals surface area contributed by atoms with Crippen molar-refractivity contribution in [3.63, 3.8) is 0 Å². The van der Waals surface area contributed by atoms with E-state index in [0.717, 1.165) is 48.3 Å². The first-order valence-corrected chi connectivity index (χ1v) is 16.9. The van der Waals surface area contributed by atoms with Crippen molar-refractivity contribution in [2.24, 2.45) is 0 Å². The van der Waals surface area contributed by atoms with E-state index in [0.29, 0.717) is 34.3 Å². The van der Waals surface area contributed by atoms with Gasteiger partial charge in [-0.3, -0.25) is 9.10 Å². The average Bonchev–Trinajstić information content (AvgIpc) is 2.99. The van der Waals surface area contributed by atoms with Crippen LogP contribution in [0, 0.1) is 6.92 Å². The molecule has 3 aromatic rings. The molecular weight excluding hydrogens is 621 g/mol.